The van der Waals surface area contributed by atoms with Gasteiger partial charge in [0.05, 0.1) is 10.5 Å². The van der Waals surface area contributed by atoms with Gasteiger partial charge in [-0.2, -0.15) is 4.31 Å². The smallest absolute Gasteiger partial charge is 0.338 e. The number of nitrogens with zero attached hydrogens (tertiary/aromatic N) is 1. The molecule has 0 bridgehead atoms. The lowest BCUT2D eigenvalue weighted by atomic mass is 10.1. The molecule has 1 N–H and O–H groups in total. The quantitative estimate of drug-likeness (QED) is 0.710. The summed E-state index contributed by atoms with van der Waals surface area (Å²) >= 11 is 0. The van der Waals surface area contributed by atoms with Crippen molar-refractivity contribution in [1.29, 1.82) is 0 Å². The van der Waals surface area contributed by atoms with E-state index in [-0.39, 0.29) is 10.5 Å². The standard InChI is InChI=1S/C22H26N2O5S/c1-16-6-10-19(11-7-16)23-21(25)15-29-22(26)18-9-8-17(2)20(14-18)30(27,28)24-12-4-3-5-13-24/h6-11,14H,3-5,12-13,15H2,1-2H3,(H,23,25). The van der Waals surface area contributed by atoms with Gasteiger partial charge in [-0.15, -0.1) is 0 Å². The van der Waals surface area contributed by atoms with Gasteiger partial charge in [0.25, 0.3) is 5.91 Å². The van der Waals surface area contributed by atoms with Gasteiger partial charge in [0.2, 0.25) is 10.0 Å². The van der Waals surface area contributed by atoms with E-state index in [0.29, 0.717) is 24.3 Å². The minimum atomic E-state index is -3.68. The number of nitrogens with one attached hydrogen (secondary N) is 1. The van der Waals surface area contributed by atoms with Crippen LogP contribution in [0, 0.1) is 13.8 Å². The molecule has 0 spiro atoms. The number of carbonyl (C=O) groups is 2. The van der Waals surface area contributed by atoms with Gasteiger partial charge in [-0.25, -0.2) is 13.2 Å². The molecule has 1 aliphatic rings. The second-order valence-electron chi connectivity index (χ2n) is 7.44. The van der Waals surface area contributed by atoms with Crippen LogP contribution in [0.5, 0.6) is 0 Å². The minimum Gasteiger partial charge on any atom is -0.452 e. The summed E-state index contributed by atoms with van der Waals surface area (Å²) in [5.41, 5.74) is 2.33. The van der Waals surface area contributed by atoms with Crippen LogP contribution in [0.3, 0.4) is 0 Å². The highest BCUT2D eigenvalue weighted by atomic mass is 32.2. The molecule has 0 saturated carbocycles. The van der Waals surface area contributed by atoms with E-state index >= 15 is 0 Å². The van der Waals surface area contributed by atoms with E-state index in [1.165, 1.54) is 16.4 Å². The van der Waals surface area contributed by atoms with Crippen molar-refractivity contribution in [1.82, 2.24) is 4.31 Å². The van der Waals surface area contributed by atoms with Crippen molar-refractivity contribution >= 4 is 27.6 Å². The van der Waals surface area contributed by atoms with Gasteiger partial charge >= 0.3 is 5.97 Å². The van der Waals surface area contributed by atoms with Crippen LogP contribution in [-0.2, 0) is 19.6 Å². The molecule has 1 heterocycles. The van der Waals surface area contributed by atoms with Crippen molar-refractivity contribution in [2.45, 2.75) is 38.0 Å². The lowest BCUT2D eigenvalue weighted by Crippen LogP contribution is -2.36. The van der Waals surface area contributed by atoms with E-state index in [0.717, 1.165) is 24.8 Å². The fraction of sp³-hybridized carbons (Fsp3) is 0.364. The van der Waals surface area contributed by atoms with Crippen molar-refractivity contribution in [3.05, 3.63) is 59.2 Å². The normalized spacial score (nSPS) is 14.9. The Labute approximate surface area is 177 Å². The van der Waals surface area contributed by atoms with Crippen molar-refractivity contribution in [2.24, 2.45) is 0 Å². The van der Waals surface area contributed by atoms with Gasteiger partial charge in [0.15, 0.2) is 6.61 Å². The Morgan fingerprint density at radius 2 is 1.67 bits per heavy atom. The number of aryl methyl sites for hydroxylation is 2. The third kappa shape index (κ3) is 5.25. The Morgan fingerprint density at radius 1 is 1.00 bits per heavy atom. The molecule has 2 aromatic carbocycles. The third-order valence-corrected chi connectivity index (χ3v) is 7.07. The Kier molecular flexibility index (Phi) is 6.89. The molecular formula is C22H26N2O5S. The summed E-state index contributed by atoms with van der Waals surface area (Å²) in [6.45, 7) is 4.13. The van der Waals surface area contributed by atoms with Crippen molar-refractivity contribution < 1.29 is 22.7 Å². The van der Waals surface area contributed by atoms with Gasteiger partial charge < -0.3 is 10.1 Å². The maximum Gasteiger partial charge on any atom is 0.338 e. The summed E-state index contributed by atoms with van der Waals surface area (Å²) in [6, 6.07) is 11.7. The Morgan fingerprint density at radius 3 is 2.33 bits per heavy atom. The largest absolute Gasteiger partial charge is 0.452 e. The Bertz CT molecular complexity index is 1030. The van der Waals surface area contributed by atoms with Gasteiger partial charge in [-0.1, -0.05) is 30.2 Å². The monoisotopic (exact) mass is 430 g/mol. The molecule has 1 saturated heterocycles. The summed E-state index contributed by atoms with van der Waals surface area (Å²) in [7, 11) is -3.68. The Hall–Kier alpha value is -2.71. The first-order chi connectivity index (χ1) is 14.3. The fourth-order valence-electron chi connectivity index (χ4n) is 3.30. The van der Waals surface area contributed by atoms with E-state index in [9.17, 15) is 18.0 Å². The maximum absolute atomic E-state index is 13.0. The average Bonchev–Trinajstić information content (AvgIpc) is 2.74. The average molecular weight is 431 g/mol. The number of ether oxygens (including phenoxy) is 1. The maximum atomic E-state index is 13.0. The predicted octanol–water partition coefficient (Wildman–Crippen LogP) is 3.27. The number of rotatable bonds is 6. The molecule has 0 radical (unpaired) electrons. The molecule has 0 atom stereocenters. The van der Waals surface area contributed by atoms with Crippen LogP contribution in [0.1, 0.15) is 40.7 Å². The number of hydrogen-bond donors (Lipinski definition) is 1. The van der Waals surface area contributed by atoms with Crippen LogP contribution in [-0.4, -0.2) is 44.3 Å². The molecule has 1 amide bonds. The molecule has 7 nitrogen and oxygen atoms in total. The van der Waals surface area contributed by atoms with Crippen LogP contribution in [0.25, 0.3) is 0 Å². The van der Waals surface area contributed by atoms with Gasteiger partial charge in [0.1, 0.15) is 0 Å². The summed E-state index contributed by atoms with van der Waals surface area (Å²) < 4.78 is 32.5. The van der Waals surface area contributed by atoms with Crippen LogP contribution in [0.15, 0.2) is 47.4 Å². The predicted molar refractivity (Wildman–Crippen MR) is 114 cm³/mol. The highest BCUT2D eigenvalue weighted by Crippen LogP contribution is 2.24. The summed E-state index contributed by atoms with van der Waals surface area (Å²) in [5, 5.41) is 2.65. The molecule has 1 fully saturated rings. The minimum absolute atomic E-state index is 0.0966. The molecule has 2 aromatic rings. The number of esters is 1. The first-order valence-corrected chi connectivity index (χ1v) is 11.4. The van der Waals surface area contributed by atoms with Crippen LogP contribution in [0.2, 0.25) is 0 Å². The fourth-order valence-corrected chi connectivity index (χ4v) is 5.07. The number of benzene rings is 2. The SMILES string of the molecule is Cc1ccc(NC(=O)COC(=O)c2ccc(C)c(S(=O)(=O)N3CCCCC3)c2)cc1. The lowest BCUT2D eigenvalue weighted by molar-refractivity contribution is -0.119. The highest BCUT2D eigenvalue weighted by molar-refractivity contribution is 7.89. The number of carbonyl (C=O) groups excluding carboxylic acids is 2. The number of hydrogen-bond acceptors (Lipinski definition) is 5. The van der Waals surface area contributed by atoms with E-state index < -0.39 is 28.5 Å². The van der Waals surface area contributed by atoms with Crippen LogP contribution < -0.4 is 5.32 Å². The molecule has 1 aliphatic heterocycles. The highest BCUT2D eigenvalue weighted by Gasteiger charge is 2.28. The van der Waals surface area contributed by atoms with Crippen LogP contribution >= 0.6 is 0 Å². The van der Waals surface area contributed by atoms with E-state index in [1.807, 2.05) is 19.1 Å². The van der Waals surface area contributed by atoms with Crippen LogP contribution in [0.4, 0.5) is 5.69 Å². The first-order valence-electron chi connectivity index (χ1n) is 9.92. The summed E-state index contributed by atoms with van der Waals surface area (Å²) in [5.74, 6) is -1.22. The molecule has 8 heteroatoms. The van der Waals surface area contributed by atoms with Crippen molar-refractivity contribution in [2.75, 3.05) is 25.0 Å². The number of anilines is 1. The molecule has 0 aromatic heterocycles. The second-order valence-corrected chi connectivity index (χ2v) is 9.34. The molecule has 160 valence electrons. The van der Waals surface area contributed by atoms with Gasteiger partial charge in [0, 0.05) is 18.8 Å². The number of piperidine rings is 1. The number of amides is 1. The Balaban J connectivity index is 1.67. The zero-order chi connectivity index (χ0) is 21.7. The number of sulfonamides is 1. The summed E-state index contributed by atoms with van der Waals surface area (Å²) in [6.07, 6.45) is 2.67. The molecular weight excluding hydrogens is 404 g/mol. The third-order valence-electron chi connectivity index (χ3n) is 5.03. The van der Waals surface area contributed by atoms with Gasteiger partial charge in [-0.3, -0.25) is 4.79 Å². The van der Waals surface area contributed by atoms with E-state index in [2.05, 4.69) is 5.32 Å². The summed E-state index contributed by atoms with van der Waals surface area (Å²) in [4.78, 5) is 24.5. The second kappa shape index (κ2) is 9.40. The van der Waals surface area contributed by atoms with E-state index in [4.69, 9.17) is 4.74 Å². The zero-order valence-corrected chi connectivity index (χ0v) is 18.0. The molecule has 30 heavy (non-hydrogen) atoms. The molecule has 0 unspecified atom stereocenters. The van der Waals surface area contributed by atoms with E-state index in [1.54, 1.807) is 25.1 Å². The zero-order valence-electron chi connectivity index (χ0n) is 17.2. The van der Waals surface area contributed by atoms with Gasteiger partial charge in [-0.05, 0) is 56.5 Å². The van der Waals surface area contributed by atoms with Crippen molar-refractivity contribution in [3.63, 3.8) is 0 Å². The first kappa shape index (κ1) is 22.0. The topological polar surface area (TPSA) is 92.8 Å². The lowest BCUT2D eigenvalue weighted by Gasteiger charge is -2.26. The molecule has 3 rings (SSSR count). The van der Waals surface area contributed by atoms with Crippen molar-refractivity contribution in [3.8, 4) is 0 Å². The molecule has 0 aliphatic carbocycles.